The SMILES string of the molecule is CC(C)CC(=O)OCC1=CO[C@H](O[C@H]2O[C@H](CO)[C@@H](O)[C@H](O)[C@H]2O)[C@H]2[C@@H]1C[C@H](O)[C@@]2(C)O. The molecule has 0 aromatic carbocycles. The maximum atomic E-state index is 11.9. The van der Waals surface area contributed by atoms with E-state index in [9.17, 15) is 35.4 Å². The smallest absolute Gasteiger partial charge is 0.306 e. The first-order valence-corrected chi connectivity index (χ1v) is 10.8. The van der Waals surface area contributed by atoms with Crippen molar-refractivity contribution in [2.24, 2.45) is 17.8 Å². The predicted molar refractivity (Wildman–Crippen MR) is 106 cm³/mol. The molecule has 2 aliphatic heterocycles. The first-order valence-electron chi connectivity index (χ1n) is 10.8. The summed E-state index contributed by atoms with van der Waals surface area (Å²) in [5, 5.41) is 61.0. The summed E-state index contributed by atoms with van der Waals surface area (Å²) in [5.41, 5.74) is -1.07. The number of carbonyl (C=O) groups excluding carboxylic acids is 1. The van der Waals surface area contributed by atoms with E-state index in [1.165, 1.54) is 13.2 Å². The van der Waals surface area contributed by atoms with Crippen molar-refractivity contribution in [3.8, 4) is 0 Å². The molecule has 6 N–H and O–H groups in total. The van der Waals surface area contributed by atoms with Gasteiger partial charge in [-0.05, 0) is 19.3 Å². The first-order chi connectivity index (χ1) is 15.0. The summed E-state index contributed by atoms with van der Waals surface area (Å²) in [6, 6.07) is 0. The van der Waals surface area contributed by atoms with E-state index >= 15 is 0 Å². The topological polar surface area (TPSA) is 175 Å². The third-order valence-electron chi connectivity index (χ3n) is 6.47. The molecule has 0 bridgehead atoms. The Balaban J connectivity index is 1.76. The van der Waals surface area contributed by atoms with Crippen LogP contribution in [0.15, 0.2) is 11.8 Å². The van der Waals surface area contributed by atoms with Gasteiger partial charge in [-0.25, -0.2) is 0 Å². The third-order valence-corrected chi connectivity index (χ3v) is 6.47. The minimum Gasteiger partial charge on any atom is -0.472 e. The monoisotopic (exact) mass is 462 g/mol. The highest BCUT2D eigenvalue weighted by atomic mass is 16.8. The molecule has 2 fully saturated rings. The van der Waals surface area contributed by atoms with Crippen molar-refractivity contribution >= 4 is 5.97 Å². The lowest BCUT2D eigenvalue weighted by Gasteiger charge is -2.44. The molecule has 11 nitrogen and oxygen atoms in total. The zero-order chi connectivity index (χ0) is 23.8. The molecule has 11 heteroatoms. The van der Waals surface area contributed by atoms with Crippen molar-refractivity contribution < 1.29 is 54.4 Å². The van der Waals surface area contributed by atoms with Gasteiger partial charge in [-0.3, -0.25) is 4.79 Å². The summed E-state index contributed by atoms with van der Waals surface area (Å²) in [4.78, 5) is 11.9. The van der Waals surface area contributed by atoms with Gasteiger partial charge >= 0.3 is 5.97 Å². The van der Waals surface area contributed by atoms with E-state index in [1.54, 1.807) is 0 Å². The third kappa shape index (κ3) is 4.95. The van der Waals surface area contributed by atoms with E-state index in [2.05, 4.69) is 0 Å². The Morgan fingerprint density at radius 1 is 1.19 bits per heavy atom. The molecule has 1 saturated carbocycles. The van der Waals surface area contributed by atoms with Gasteiger partial charge in [-0.2, -0.15) is 0 Å². The van der Waals surface area contributed by atoms with Crippen LogP contribution in [0.25, 0.3) is 0 Å². The number of carbonyl (C=O) groups is 1. The van der Waals surface area contributed by atoms with Gasteiger partial charge in [0.25, 0.3) is 0 Å². The lowest BCUT2D eigenvalue weighted by molar-refractivity contribution is -0.347. The molecule has 0 aromatic heterocycles. The van der Waals surface area contributed by atoms with E-state index < -0.39 is 67.1 Å². The molecule has 0 unspecified atom stereocenters. The molecule has 2 heterocycles. The van der Waals surface area contributed by atoms with Crippen LogP contribution in [0, 0.1) is 17.8 Å². The predicted octanol–water partition coefficient (Wildman–Crippen LogP) is -1.62. The Morgan fingerprint density at radius 3 is 2.50 bits per heavy atom. The Morgan fingerprint density at radius 2 is 1.88 bits per heavy atom. The molecule has 3 aliphatic rings. The van der Waals surface area contributed by atoms with Gasteiger partial charge in [0, 0.05) is 17.9 Å². The Bertz CT molecular complexity index is 691. The highest BCUT2D eigenvalue weighted by molar-refractivity contribution is 5.69. The maximum absolute atomic E-state index is 11.9. The number of aliphatic hydroxyl groups is 6. The normalized spacial score (nSPS) is 44.1. The van der Waals surface area contributed by atoms with Crippen LogP contribution in [0.1, 0.15) is 33.6 Å². The Hall–Kier alpha value is -1.31. The van der Waals surface area contributed by atoms with Crippen LogP contribution in [0.3, 0.4) is 0 Å². The minimum atomic E-state index is -1.64. The second-order valence-corrected chi connectivity index (χ2v) is 9.40. The van der Waals surface area contributed by atoms with Gasteiger partial charge in [-0.15, -0.1) is 0 Å². The zero-order valence-electron chi connectivity index (χ0n) is 18.4. The van der Waals surface area contributed by atoms with Crippen LogP contribution in [0.2, 0.25) is 0 Å². The van der Waals surface area contributed by atoms with Crippen molar-refractivity contribution in [2.45, 2.75) is 82.3 Å². The molecule has 1 aliphatic carbocycles. The number of hydrogen-bond acceptors (Lipinski definition) is 11. The number of esters is 1. The molecule has 1 saturated heterocycles. The van der Waals surface area contributed by atoms with Crippen molar-refractivity contribution in [3.63, 3.8) is 0 Å². The van der Waals surface area contributed by atoms with E-state index in [0.29, 0.717) is 5.57 Å². The second kappa shape index (κ2) is 9.90. The molecule has 3 rings (SSSR count). The Kier molecular flexibility index (Phi) is 7.83. The lowest BCUT2D eigenvalue weighted by Crippen LogP contribution is -2.61. The zero-order valence-corrected chi connectivity index (χ0v) is 18.4. The van der Waals surface area contributed by atoms with Gasteiger partial charge in [0.05, 0.1) is 30.5 Å². The first kappa shape index (κ1) is 25.3. The molecule has 0 spiro atoms. The largest absolute Gasteiger partial charge is 0.472 e. The molecule has 0 aromatic rings. The Labute approximate surface area is 186 Å². The number of fused-ring (bicyclic) bond motifs is 1. The van der Waals surface area contributed by atoms with Crippen LogP contribution in [-0.2, 0) is 23.7 Å². The molecule has 0 amide bonds. The van der Waals surface area contributed by atoms with Crippen molar-refractivity contribution in [1.29, 1.82) is 0 Å². The van der Waals surface area contributed by atoms with E-state index in [0.717, 1.165) is 0 Å². The average molecular weight is 462 g/mol. The minimum absolute atomic E-state index is 0.0672. The fourth-order valence-electron chi connectivity index (χ4n) is 4.55. The highest BCUT2D eigenvalue weighted by Crippen LogP contribution is 2.49. The van der Waals surface area contributed by atoms with Crippen LogP contribution >= 0.6 is 0 Å². The van der Waals surface area contributed by atoms with Gasteiger partial charge in [-0.1, -0.05) is 13.8 Å². The molecule has 184 valence electrons. The number of hydrogen-bond donors (Lipinski definition) is 6. The molecule has 32 heavy (non-hydrogen) atoms. The van der Waals surface area contributed by atoms with E-state index in [1.807, 2.05) is 13.8 Å². The average Bonchev–Trinajstić information content (AvgIpc) is 2.96. The molecular weight excluding hydrogens is 428 g/mol. The van der Waals surface area contributed by atoms with Gasteiger partial charge in [0.15, 0.2) is 6.29 Å². The number of ether oxygens (including phenoxy) is 4. The van der Waals surface area contributed by atoms with Gasteiger partial charge in [0.1, 0.15) is 31.0 Å². The number of rotatable bonds is 7. The lowest BCUT2D eigenvalue weighted by atomic mass is 9.81. The summed E-state index contributed by atoms with van der Waals surface area (Å²) >= 11 is 0. The van der Waals surface area contributed by atoms with Gasteiger partial charge in [0.2, 0.25) is 6.29 Å². The standard InChI is InChI=1S/C21H34O11/c1-9(2)4-14(24)29-7-10-8-30-19(15-11(10)5-13(23)21(15,3)28)32-20-18(27)17(26)16(25)12(6-22)31-20/h8-9,11-13,15-20,22-23,25-28H,4-7H2,1-3H3/t11-,12-,13+,15-,16-,17+,18-,19-,20-,21-/m1/s1. The van der Waals surface area contributed by atoms with Crippen LogP contribution < -0.4 is 0 Å². The van der Waals surface area contributed by atoms with Crippen LogP contribution in [0.4, 0.5) is 0 Å². The molecule has 0 radical (unpaired) electrons. The van der Waals surface area contributed by atoms with Crippen LogP contribution in [0.5, 0.6) is 0 Å². The molecule has 10 atom stereocenters. The van der Waals surface area contributed by atoms with Gasteiger partial charge < -0.3 is 49.6 Å². The summed E-state index contributed by atoms with van der Waals surface area (Å²) < 4.78 is 22.0. The van der Waals surface area contributed by atoms with E-state index in [4.69, 9.17) is 18.9 Å². The fourth-order valence-corrected chi connectivity index (χ4v) is 4.55. The second-order valence-electron chi connectivity index (χ2n) is 9.40. The number of aliphatic hydroxyl groups excluding tert-OH is 5. The van der Waals surface area contributed by atoms with Crippen LogP contribution in [-0.4, -0.2) is 98.5 Å². The van der Waals surface area contributed by atoms with Crippen molar-refractivity contribution in [3.05, 3.63) is 11.8 Å². The maximum Gasteiger partial charge on any atom is 0.306 e. The fraction of sp³-hybridized carbons (Fsp3) is 0.857. The molecular formula is C21H34O11. The van der Waals surface area contributed by atoms with E-state index in [-0.39, 0.29) is 31.3 Å². The van der Waals surface area contributed by atoms with Crippen molar-refractivity contribution in [1.82, 2.24) is 0 Å². The summed E-state index contributed by atoms with van der Waals surface area (Å²) in [6.45, 7) is 4.54. The highest BCUT2D eigenvalue weighted by Gasteiger charge is 2.59. The summed E-state index contributed by atoms with van der Waals surface area (Å²) in [7, 11) is 0. The van der Waals surface area contributed by atoms with Crippen molar-refractivity contribution in [2.75, 3.05) is 13.2 Å². The summed E-state index contributed by atoms with van der Waals surface area (Å²) in [6.07, 6.45) is -8.00. The summed E-state index contributed by atoms with van der Waals surface area (Å²) in [5.74, 6) is -1.50. The quantitative estimate of drug-likeness (QED) is 0.240.